The van der Waals surface area contributed by atoms with E-state index < -0.39 is 5.91 Å². The molecular formula is C9H11NO4. The molecule has 0 saturated carbocycles. The predicted octanol–water partition coefficient (Wildman–Crippen LogP) is 0.910. The molecule has 0 aromatic heterocycles. The highest BCUT2D eigenvalue weighted by atomic mass is 16.5. The average molecular weight is 197 g/mol. The number of nitrogens with one attached hydrogen (secondary N) is 1. The lowest BCUT2D eigenvalue weighted by Gasteiger charge is -2.08. The molecule has 0 bridgehead atoms. The number of carbonyl (C=O) groups excluding carboxylic acids is 1. The number of rotatable bonds is 3. The van der Waals surface area contributed by atoms with Crippen molar-refractivity contribution >= 4 is 5.91 Å². The zero-order valence-electron chi connectivity index (χ0n) is 7.65. The largest absolute Gasteiger partial charge is 0.508 e. The van der Waals surface area contributed by atoms with E-state index in [-0.39, 0.29) is 11.3 Å². The summed E-state index contributed by atoms with van der Waals surface area (Å²) >= 11 is 0. The first kappa shape index (κ1) is 10.3. The minimum absolute atomic E-state index is 0.0629. The molecule has 5 nitrogen and oxygen atoms in total. The number of hydrogen-bond acceptors (Lipinski definition) is 4. The van der Waals surface area contributed by atoms with Crippen molar-refractivity contribution in [1.29, 1.82) is 0 Å². The fraction of sp³-hybridized carbons (Fsp3) is 0.222. The van der Waals surface area contributed by atoms with Crippen LogP contribution in [0.3, 0.4) is 0 Å². The van der Waals surface area contributed by atoms with Crippen LogP contribution in [0.15, 0.2) is 18.2 Å². The maximum atomic E-state index is 11.1. The number of amides is 1. The third kappa shape index (κ3) is 2.14. The number of carbonyl (C=O) groups is 1. The van der Waals surface area contributed by atoms with Crippen molar-refractivity contribution in [1.82, 2.24) is 5.48 Å². The first-order chi connectivity index (χ1) is 6.69. The van der Waals surface area contributed by atoms with Crippen LogP contribution in [0, 0.1) is 0 Å². The van der Waals surface area contributed by atoms with Crippen LogP contribution >= 0.6 is 0 Å². The molecule has 0 atom stereocenters. The quantitative estimate of drug-likeness (QED) is 0.497. The monoisotopic (exact) mass is 197 g/mol. The van der Waals surface area contributed by atoms with Gasteiger partial charge in [-0.15, -0.1) is 0 Å². The van der Waals surface area contributed by atoms with Gasteiger partial charge in [0.25, 0.3) is 5.91 Å². The van der Waals surface area contributed by atoms with Gasteiger partial charge in [0.15, 0.2) is 0 Å². The molecular weight excluding hydrogens is 186 g/mol. The number of ether oxygens (including phenoxy) is 1. The van der Waals surface area contributed by atoms with E-state index >= 15 is 0 Å². The number of phenols is 1. The van der Waals surface area contributed by atoms with Crippen molar-refractivity contribution in [2.75, 3.05) is 6.61 Å². The Hall–Kier alpha value is -1.75. The Morgan fingerprint density at radius 1 is 1.57 bits per heavy atom. The fourth-order valence-corrected chi connectivity index (χ4v) is 1.04. The Morgan fingerprint density at radius 2 is 2.29 bits per heavy atom. The lowest BCUT2D eigenvalue weighted by atomic mass is 10.2. The van der Waals surface area contributed by atoms with Gasteiger partial charge < -0.3 is 9.84 Å². The highest BCUT2D eigenvalue weighted by molar-refractivity contribution is 5.96. The second-order valence-electron chi connectivity index (χ2n) is 2.55. The van der Waals surface area contributed by atoms with Gasteiger partial charge >= 0.3 is 0 Å². The van der Waals surface area contributed by atoms with Crippen LogP contribution in [-0.2, 0) is 0 Å². The molecule has 3 N–H and O–H groups in total. The zero-order chi connectivity index (χ0) is 10.6. The molecule has 5 heteroatoms. The first-order valence-corrected chi connectivity index (χ1v) is 4.09. The van der Waals surface area contributed by atoms with Crippen LogP contribution in [0.1, 0.15) is 17.3 Å². The van der Waals surface area contributed by atoms with Crippen molar-refractivity contribution in [2.24, 2.45) is 0 Å². The normalized spacial score (nSPS) is 9.57. The fourth-order valence-electron chi connectivity index (χ4n) is 1.04. The molecule has 0 fully saturated rings. The summed E-state index contributed by atoms with van der Waals surface area (Å²) in [4.78, 5) is 11.1. The highest BCUT2D eigenvalue weighted by Crippen LogP contribution is 2.23. The second kappa shape index (κ2) is 4.48. The van der Waals surface area contributed by atoms with Gasteiger partial charge in [0.2, 0.25) is 0 Å². The summed E-state index contributed by atoms with van der Waals surface area (Å²) in [6.45, 7) is 2.17. The van der Waals surface area contributed by atoms with Crippen LogP contribution in [0.2, 0.25) is 0 Å². The Kier molecular flexibility index (Phi) is 3.30. The molecule has 76 valence electrons. The summed E-state index contributed by atoms with van der Waals surface area (Å²) in [6.07, 6.45) is 0. The summed E-state index contributed by atoms with van der Waals surface area (Å²) in [6, 6.07) is 4.08. The molecule has 1 aromatic carbocycles. The molecule has 0 aliphatic carbocycles. The molecule has 0 spiro atoms. The van der Waals surface area contributed by atoms with Gasteiger partial charge in [0.1, 0.15) is 11.5 Å². The second-order valence-corrected chi connectivity index (χ2v) is 2.55. The number of phenolic OH excluding ortho intramolecular Hbond substituents is 1. The standard InChI is InChI=1S/C9H11NO4/c1-2-14-8-4-3-6(11)5-7(8)9(12)10-13/h3-5,11,13H,2H2,1H3,(H,10,12). The lowest BCUT2D eigenvalue weighted by Crippen LogP contribution is -2.19. The smallest absolute Gasteiger partial charge is 0.278 e. The van der Waals surface area contributed by atoms with Crippen molar-refractivity contribution in [3.8, 4) is 11.5 Å². The van der Waals surface area contributed by atoms with E-state index in [1.54, 1.807) is 6.92 Å². The molecule has 0 aliphatic heterocycles. The van der Waals surface area contributed by atoms with Gasteiger partial charge in [-0.3, -0.25) is 10.0 Å². The van der Waals surface area contributed by atoms with Crippen LogP contribution < -0.4 is 10.2 Å². The molecule has 0 aliphatic rings. The summed E-state index contributed by atoms with van der Waals surface area (Å²) in [7, 11) is 0. The Bertz CT molecular complexity index is 338. The van der Waals surface area contributed by atoms with Gasteiger partial charge in [0.05, 0.1) is 12.2 Å². The van der Waals surface area contributed by atoms with E-state index in [1.165, 1.54) is 23.7 Å². The molecule has 0 unspecified atom stereocenters. The van der Waals surface area contributed by atoms with E-state index in [1.807, 2.05) is 0 Å². The number of aromatic hydroxyl groups is 1. The zero-order valence-corrected chi connectivity index (χ0v) is 7.65. The average Bonchev–Trinajstić information content (AvgIpc) is 2.20. The van der Waals surface area contributed by atoms with E-state index in [2.05, 4.69) is 0 Å². The van der Waals surface area contributed by atoms with Crippen LogP contribution in [0.4, 0.5) is 0 Å². The lowest BCUT2D eigenvalue weighted by molar-refractivity contribution is 0.0702. The number of hydroxylamine groups is 1. The number of hydrogen-bond donors (Lipinski definition) is 3. The van der Waals surface area contributed by atoms with E-state index in [0.717, 1.165) is 0 Å². The first-order valence-electron chi connectivity index (χ1n) is 4.09. The number of benzene rings is 1. The van der Waals surface area contributed by atoms with Crippen molar-refractivity contribution in [3.05, 3.63) is 23.8 Å². The predicted molar refractivity (Wildman–Crippen MR) is 48.5 cm³/mol. The highest BCUT2D eigenvalue weighted by Gasteiger charge is 2.12. The summed E-state index contributed by atoms with van der Waals surface area (Å²) in [5.74, 6) is -0.465. The SMILES string of the molecule is CCOc1ccc(O)cc1C(=O)NO. The minimum Gasteiger partial charge on any atom is -0.508 e. The Labute approximate surface area is 80.9 Å². The van der Waals surface area contributed by atoms with Crippen LogP contribution in [-0.4, -0.2) is 22.8 Å². The minimum atomic E-state index is -0.718. The Balaban J connectivity index is 3.08. The molecule has 1 rings (SSSR count). The maximum Gasteiger partial charge on any atom is 0.278 e. The van der Waals surface area contributed by atoms with Crippen molar-refractivity contribution in [3.63, 3.8) is 0 Å². The van der Waals surface area contributed by atoms with Crippen molar-refractivity contribution in [2.45, 2.75) is 6.92 Å². The van der Waals surface area contributed by atoms with E-state index in [0.29, 0.717) is 12.4 Å². The van der Waals surface area contributed by atoms with Gasteiger partial charge in [-0.25, -0.2) is 5.48 Å². The van der Waals surface area contributed by atoms with Crippen molar-refractivity contribution < 1.29 is 19.8 Å². The summed E-state index contributed by atoms with van der Waals surface area (Å²) < 4.78 is 5.13. The van der Waals surface area contributed by atoms with E-state index in [9.17, 15) is 4.79 Å². The molecule has 0 heterocycles. The molecule has 0 saturated heterocycles. The molecule has 0 radical (unpaired) electrons. The third-order valence-electron chi connectivity index (χ3n) is 1.61. The molecule has 1 aromatic rings. The third-order valence-corrected chi connectivity index (χ3v) is 1.61. The topological polar surface area (TPSA) is 78.8 Å². The Morgan fingerprint density at radius 3 is 2.86 bits per heavy atom. The summed E-state index contributed by atoms with van der Waals surface area (Å²) in [5, 5.41) is 17.6. The van der Waals surface area contributed by atoms with Gasteiger partial charge in [-0.2, -0.15) is 0 Å². The van der Waals surface area contributed by atoms with Gasteiger partial charge in [0, 0.05) is 0 Å². The van der Waals surface area contributed by atoms with Crippen LogP contribution in [0.5, 0.6) is 11.5 Å². The van der Waals surface area contributed by atoms with Gasteiger partial charge in [-0.05, 0) is 25.1 Å². The summed E-state index contributed by atoms with van der Waals surface area (Å²) in [5.41, 5.74) is 1.57. The molecule has 1 amide bonds. The van der Waals surface area contributed by atoms with E-state index in [4.69, 9.17) is 15.1 Å². The van der Waals surface area contributed by atoms with Gasteiger partial charge in [-0.1, -0.05) is 0 Å². The van der Waals surface area contributed by atoms with Crippen LogP contribution in [0.25, 0.3) is 0 Å². The molecule has 14 heavy (non-hydrogen) atoms. The maximum absolute atomic E-state index is 11.1.